The summed E-state index contributed by atoms with van der Waals surface area (Å²) in [7, 11) is 0. The van der Waals surface area contributed by atoms with Gasteiger partial charge < -0.3 is 14.0 Å². The summed E-state index contributed by atoms with van der Waals surface area (Å²) in [6.45, 7) is 6.45. The van der Waals surface area contributed by atoms with Gasteiger partial charge in [-0.15, -0.1) is 21.5 Å². The molecule has 1 fully saturated rings. The molecule has 7 heteroatoms. The molecule has 3 heterocycles. The molecule has 2 aromatic rings. The maximum absolute atomic E-state index is 5.64. The lowest BCUT2D eigenvalue weighted by Crippen LogP contribution is -2.25. The maximum atomic E-state index is 5.64. The van der Waals surface area contributed by atoms with Gasteiger partial charge >= 0.3 is 0 Å². The van der Waals surface area contributed by atoms with Gasteiger partial charge in [0.25, 0.3) is 0 Å². The Morgan fingerprint density at radius 2 is 2.12 bits per heavy atom. The molecule has 1 aliphatic rings. The number of hydrogen-bond acceptors (Lipinski definition) is 6. The molecule has 0 atom stereocenters. The molecule has 0 unspecified atom stereocenters. The Kier molecular flexibility index (Phi) is 6.32. The highest BCUT2D eigenvalue weighted by Crippen LogP contribution is 2.26. The molecule has 0 amide bonds. The summed E-state index contributed by atoms with van der Waals surface area (Å²) in [6.07, 6.45) is 4.23. The Hall–Kier alpha value is -0.890. The van der Waals surface area contributed by atoms with Crippen LogP contribution < -0.4 is 0 Å². The molecule has 0 aromatic carbocycles. The number of unbranched alkanes of at least 4 members (excludes halogenated alkanes) is 1. The summed E-state index contributed by atoms with van der Waals surface area (Å²) < 4.78 is 13.5. The van der Waals surface area contributed by atoms with Crippen molar-refractivity contribution in [2.45, 2.75) is 57.0 Å². The van der Waals surface area contributed by atoms with E-state index in [2.05, 4.69) is 32.3 Å². The van der Waals surface area contributed by atoms with E-state index in [-0.39, 0.29) is 5.79 Å². The number of nitrogens with zero attached hydrogens (tertiary/aromatic N) is 3. The van der Waals surface area contributed by atoms with Crippen LogP contribution in [0.15, 0.2) is 22.7 Å². The Morgan fingerprint density at radius 3 is 2.88 bits per heavy atom. The van der Waals surface area contributed by atoms with Crippen LogP contribution in [0.4, 0.5) is 0 Å². The summed E-state index contributed by atoms with van der Waals surface area (Å²) in [5.74, 6) is 1.68. The molecular weight excluding hydrogens is 342 g/mol. The molecule has 24 heavy (non-hydrogen) atoms. The van der Waals surface area contributed by atoms with Crippen molar-refractivity contribution in [1.29, 1.82) is 0 Å². The van der Waals surface area contributed by atoms with Crippen LogP contribution in [0.5, 0.6) is 0 Å². The van der Waals surface area contributed by atoms with Crippen LogP contribution in [0.1, 0.15) is 36.9 Å². The highest BCUT2D eigenvalue weighted by Gasteiger charge is 2.29. The van der Waals surface area contributed by atoms with Crippen molar-refractivity contribution in [3.8, 4) is 0 Å². The summed E-state index contributed by atoms with van der Waals surface area (Å²) >= 11 is 3.61. The molecule has 3 rings (SSSR count). The highest BCUT2D eigenvalue weighted by atomic mass is 32.2. The molecule has 0 radical (unpaired) electrons. The predicted octanol–water partition coefficient (Wildman–Crippen LogP) is 3.92. The van der Waals surface area contributed by atoms with Gasteiger partial charge in [0.05, 0.1) is 13.2 Å². The number of thioether (sulfide) groups is 1. The van der Waals surface area contributed by atoms with Crippen LogP contribution in [0.3, 0.4) is 0 Å². The third kappa shape index (κ3) is 4.81. The predicted molar refractivity (Wildman–Crippen MR) is 97.7 cm³/mol. The largest absolute Gasteiger partial charge is 0.348 e. The Balaban J connectivity index is 1.42. The van der Waals surface area contributed by atoms with Crippen LogP contribution in [0.2, 0.25) is 0 Å². The van der Waals surface area contributed by atoms with Crippen LogP contribution >= 0.6 is 23.1 Å². The lowest BCUT2D eigenvalue weighted by molar-refractivity contribution is -0.147. The van der Waals surface area contributed by atoms with Gasteiger partial charge in [-0.3, -0.25) is 0 Å². The third-order valence-corrected chi connectivity index (χ3v) is 6.21. The minimum atomic E-state index is -0.359. The van der Waals surface area contributed by atoms with Crippen LogP contribution in [0, 0.1) is 6.92 Å². The second-order valence-electron chi connectivity index (χ2n) is 6.15. The number of rotatable bonds is 9. The van der Waals surface area contributed by atoms with Crippen molar-refractivity contribution in [2.75, 3.05) is 19.0 Å². The van der Waals surface area contributed by atoms with E-state index in [1.54, 1.807) is 11.8 Å². The van der Waals surface area contributed by atoms with Gasteiger partial charge in [0, 0.05) is 23.6 Å². The first-order valence-corrected chi connectivity index (χ1v) is 10.4. The van der Waals surface area contributed by atoms with Crippen molar-refractivity contribution < 1.29 is 9.47 Å². The Labute approximate surface area is 151 Å². The van der Waals surface area contributed by atoms with Crippen molar-refractivity contribution >= 4 is 23.1 Å². The van der Waals surface area contributed by atoms with Crippen LogP contribution in [-0.2, 0) is 22.4 Å². The molecule has 0 saturated carbocycles. The standard InChI is InChI=1S/C17H25N3O2S2/c1-14-18-19-16(20(14)9-7-15-6-5-13-23-15)24-12-4-3-8-17(2)21-10-11-22-17/h5-6,13H,3-4,7-12H2,1-2H3. The molecule has 0 aliphatic carbocycles. The van der Waals surface area contributed by atoms with E-state index in [9.17, 15) is 0 Å². The van der Waals surface area contributed by atoms with Crippen LogP contribution in [-0.4, -0.2) is 39.5 Å². The number of aryl methyl sites for hydroxylation is 2. The molecule has 132 valence electrons. The second kappa shape index (κ2) is 8.47. The van der Waals surface area contributed by atoms with Gasteiger partial charge in [0.2, 0.25) is 0 Å². The Bertz CT molecular complexity index is 622. The summed E-state index contributed by atoms with van der Waals surface area (Å²) in [6, 6.07) is 4.29. The fraction of sp³-hybridized carbons (Fsp3) is 0.647. The first kappa shape index (κ1) is 17.9. The minimum absolute atomic E-state index is 0.359. The molecule has 2 aromatic heterocycles. The van der Waals surface area contributed by atoms with Gasteiger partial charge in [-0.05, 0) is 44.6 Å². The average molecular weight is 368 g/mol. The van der Waals surface area contributed by atoms with Crippen molar-refractivity contribution in [3.63, 3.8) is 0 Å². The van der Waals surface area contributed by atoms with E-state index in [0.717, 1.165) is 62.2 Å². The summed E-state index contributed by atoms with van der Waals surface area (Å²) in [5, 5.41) is 11.7. The van der Waals surface area contributed by atoms with Gasteiger partial charge in [-0.1, -0.05) is 17.8 Å². The molecule has 1 aliphatic heterocycles. The quantitative estimate of drug-likeness (QED) is 0.497. The summed E-state index contributed by atoms with van der Waals surface area (Å²) in [5.41, 5.74) is 0. The molecule has 1 saturated heterocycles. The van der Waals surface area contributed by atoms with Crippen molar-refractivity contribution in [1.82, 2.24) is 14.8 Å². The molecule has 0 N–H and O–H groups in total. The number of aromatic nitrogens is 3. The van der Waals surface area contributed by atoms with E-state index in [1.807, 2.05) is 25.2 Å². The molecule has 5 nitrogen and oxygen atoms in total. The normalized spacial score (nSPS) is 16.8. The fourth-order valence-electron chi connectivity index (χ4n) is 2.82. The first-order valence-electron chi connectivity index (χ1n) is 8.49. The molecule has 0 spiro atoms. The van der Waals surface area contributed by atoms with E-state index >= 15 is 0 Å². The third-order valence-electron chi connectivity index (χ3n) is 4.22. The lowest BCUT2D eigenvalue weighted by atomic mass is 10.1. The highest BCUT2D eigenvalue weighted by molar-refractivity contribution is 7.99. The maximum Gasteiger partial charge on any atom is 0.191 e. The second-order valence-corrected chi connectivity index (χ2v) is 8.24. The Morgan fingerprint density at radius 1 is 1.29 bits per heavy atom. The zero-order valence-corrected chi connectivity index (χ0v) is 16.0. The average Bonchev–Trinajstić information content (AvgIpc) is 3.29. The topological polar surface area (TPSA) is 49.2 Å². The smallest absolute Gasteiger partial charge is 0.191 e. The van der Waals surface area contributed by atoms with Gasteiger partial charge in [0.15, 0.2) is 10.9 Å². The van der Waals surface area contributed by atoms with Gasteiger partial charge in [-0.2, -0.15) is 0 Å². The number of ether oxygens (including phenoxy) is 2. The van der Waals surface area contributed by atoms with Crippen molar-refractivity contribution in [3.05, 3.63) is 28.2 Å². The van der Waals surface area contributed by atoms with E-state index in [4.69, 9.17) is 9.47 Å². The van der Waals surface area contributed by atoms with Gasteiger partial charge in [0.1, 0.15) is 5.82 Å². The van der Waals surface area contributed by atoms with Crippen molar-refractivity contribution in [2.24, 2.45) is 0 Å². The zero-order valence-electron chi connectivity index (χ0n) is 14.4. The number of thiophene rings is 1. The van der Waals surface area contributed by atoms with E-state index in [1.165, 1.54) is 4.88 Å². The number of hydrogen-bond donors (Lipinski definition) is 0. The van der Waals surface area contributed by atoms with Crippen LogP contribution in [0.25, 0.3) is 0 Å². The molecular formula is C17H25N3O2S2. The van der Waals surface area contributed by atoms with Gasteiger partial charge in [-0.25, -0.2) is 0 Å². The first-order chi connectivity index (χ1) is 11.7. The SMILES string of the molecule is Cc1nnc(SCCCCC2(C)OCCO2)n1CCc1cccs1. The molecule has 0 bridgehead atoms. The lowest BCUT2D eigenvalue weighted by Gasteiger charge is -2.21. The fourth-order valence-corrected chi connectivity index (χ4v) is 4.52. The minimum Gasteiger partial charge on any atom is -0.348 e. The summed E-state index contributed by atoms with van der Waals surface area (Å²) in [4.78, 5) is 1.41. The van der Waals surface area contributed by atoms with E-state index in [0.29, 0.717) is 0 Å². The zero-order chi connectivity index (χ0) is 16.8. The monoisotopic (exact) mass is 367 g/mol. The van der Waals surface area contributed by atoms with E-state index < -0.39 is 0 Å².